The topological polar surface area (TPSA) is 79.1 Å². The van der Waals surface area contributed by atoms with Gasteiger partial charge in [0.2, 0.25) is 11.4 Å². The second-order valence-corrected chi connectivity index (χ2v) is 6.80. The molecule has 3 heterocycles. The molecule has 0 radical (unpaired) electrons. The summed E-state index contributed by atoms with van der Waals surface area (Å²) in [6.07, 6.45) is 5.54. The third kappa shape index (κ3) is 3.74. The molecule has 2 atom stereocenters. The molecule has 1 aliphatic rings. The Labute approximate surface area is 167 Å². The highest BCUT2D eigenvalue weighted by molar-refractivity contribution is 5.66. The van der Waals surface area contributed by atoms with E-state index in [0.29, 0.717) is 41.3 Å². The number of aromatic nitrogens is 4. The number of aryl methyl sites for hydroxylation is 2. The summed E-state index contributed by atoms with van der Waals surface area (Å²) in [4.78, 5) is 25.0. The van der Waals surface area contributed by atoms with Gasteiger partial charge in [-0.1, -0.05) is 0 Å². The Balaban J connectivity index is 1.53. The van der Waals surface area contributed by atoms with Crippen molar-refractivity contribution in [2.24, 2.45) is 12.9 Å². The maximum absolute atomic E-state index is 11.9. The molecule has 4 rings (SSSR count). The molecule has 0 amide bonds. The molecule has 7 heteroatoms. The number of rotatable bonds is 6. The standard InChI is InChI=1S/C21H22N4O3/c1-13-22-10-18(14-4-7-20(26)25(2)11-14)21(24-13)28-12-15-8-17(15)19-6-5-16(27-3)9-23-19/h4-7,9-11,15,17H,8,12H2,1-3H3/t15-,17+/m1/s1/i2D3. The number of hydrogen-bond acceptors (Lipinski definition) is 6. The maximum Gasteiger partial charge on any atom is 0.250 e. The van der Waals surface area contributed by atoms with Crippen LogP contribution in [0.2, 0.25) is 0 Å². The minimum atomic E-state index is -2.58. The molecule has 0 aromatic carbocycles. The van der Waals surface area contributed by atoms with Crippen LogP contribution in [0, 0.1) is 12.8 Å². The molecule has 3 aromatic rings. The van der Waals surface area contributed by atoms with Crippen LogP contribution in [0.15, 0.2) is 47.7 Å². The lowest BCUT2D eigenvalue weighted by Crippen LogP contribution is -2.14. The van der Waals surface area contributed by atoms with E-state index in [2.05, 4.69) is 15.0 Å². The van der Waals surface area contributed by atoms with Crippen LogP contribution < -0.4 is 15.0 Å². The molecule has 28 heavy (non-hydrogen) atoms. The molecule has 3 aromatic heterocycles. The lowest BCUT2D eigenvalue weighted by Gasteiger charge is -2.11. The van der Waals surface area contributed by atoms with Crippen LogP contribution in [-0.4, -0.2) is 33.2 Å². The van der Waals surface area contributed by atoms with Crippen molar-refractivity contribution < 1.29 is 13.6 Å². The summed E-state index contributed by atoms with van der Waals surface area (Å²) in [6, 6.07) is 6.62. The molecule has 1 fully saturated rings. The number of pyridine rings is 2. The first-order valence-corrected chi connectivity index (χ1v) is 8.96. The van der Waals surface area contributed by atoms with Crippen molar-refractivity contribution in [1.29, 1.82) is 0 Å². The lowest BCUT2D eigenvalue weighted by atomic mass is 10.1. The summed E-state index contributed by atoms with van der Waals surface area (Å²) >= 11 is 0. The summed E-state index contributed by atoms with van der Waals surface area (Å²) in [7, 11) is 1.61. The Morgan fingerprint density at radius 2 is 2.14 bits per heavy atom. The highest BCUT2D eigenvalue weighted by Crippen LogP contribution is 2.47. The van der Waals surface area contributed by atoms with Gasteiger partial charge >= 0.3 is 0 Å². The number of nitrogens with zero attached hydrogens (tertiary/aromatic N) is 4. The third-order valence-electron chi connectivity index (χ3n) is 4.83. The largest absolute Gasteiger partial charge is 0.495 e. The van der Waals surface area contributed by atoms with Gasteiger partial charge in [-0.2, -0.15) is 4.98 Å². The fourth-order valence-electron chi connectivity index (χ4n) is 3.12. The summed E-state index contributed by atoms with van der Waals surface area (Å²) in [5.74, 6) is 2.23. The van der Waals surface area contributed by atoms with Crippen molar-refractivity contribution >= 4 is 0 Å². The van der Waals surface area contributed by atoms with Crippen LogP contribution in [0.4, 0.5) is 0 Å². The highest BCUT2D eigenvalue weighted by atomic mass is 16.5. The SMILES string of the molecule is [2H]C([2H])([2H])n1cc(-c2cnc(C)nc2OC[C@H]2C[C@@H]2c2ccc(OC)cn2)ccc1=O. The fraction of sp³-hybridized carbons (Fsp3) is 0.333. The number of hydrogen-bond donors (Lipinski definition) is 0. The second-order valence-electron chi connectivity index (χ2n) is 6.80. The van der Waals surface area contributed by atoms with Gasteiger partial charge < -0.3 is 14.0 Å². The third-order valence-corrected chi connectivity index (χ3v) is 4.83. The molecule has 7 nitrogen and oxygen atoms in total. The van der Waals surface area contributed by atoms with Crippen LogP contribution in [0.3, 0.4) is 0 Å². The lowest BCUT2D eigenvalue weighted by molar-refractivity contribution is 0.285. The molecule has 1 aliphatic carbocycles. The summed E-state index contributed by atoms with van der Waals surface area (Å²) in [5.41, 5.74) is 1.42. The quantitative estimate of drug-likeness (QED) is 0.653. The van der Waals surface area contributed by atoms with Crippen LogP contribution in [0.25, 0.3) is 11.1 Å². The van der Waals surface area contributed by atoms with Gasteiger partial charge in [-0.3, -0.25) is 9.78 Å². The van der Waals surface area contributed by atoms with E-state index in [-0.39, 0.29) is 0 Å². The van der Waals surface area contributed by atoms with E-state index < -0.39 is 12.5 Å². The number of methoxy groups -OCH3 is 1. The summed E-state index contributed by atoms with van der Waals surface area (Å²) < 4.78 is 34.6. The van der Waals surface area contributed by atoms with Gasteiger partial charge in [-0.05, 0) is 31.5 Å². The minimum absolute atomic E-state index is 0.306. The Morgan fingerprint density at radius 1 is 1.25 bits per heavy atom. The minimum Gasteiger partial charge on any atom is -0.495 e. The van der Waals surface area contributed by atoms with E-state index in [0.717, 1.165) is 22.4 Å². The molecule has 144 valence electrons. The van der Waals surface area contributed by atoms with E-state index in [1.165, 1.54) is 12.3 Å². The first kappa shape index (κ1) is 14.8. The van der Waals surface area contributed by atoms with E-state index in [9.17, 15) is 4.79 Å². The summed E-state index contributed by atoms with van der Waals surface area (Å²) in [5, 5.41) is 0. The van der Waals surface area contributed by atoms with Gasteiger partial charge in [0.1, 0.15) is 11.6 Å². The van der Waals surface area contributed by atoms with Gasteiger partial charge in [0.15, 0.2) is 0 Å². The fourth-order valence-corrected chi connectivity index (χ4v) is 3.12. The van der Waals surface area contributed by atoms with Crippen molar-refractivity contribution in [3.05, 3.63) is 64.7 Å². The molecule has 0 bridgehead atoms. The monoisotopic (exact) mass is 381 g/mol. The average molecular weight is 381 g/mol. The molecule has 0 aliphatic heterocycles. The summed E-state index contributed by atoms with van der Waals surface area (Å²) in [6.45, 7) is -0.381. The maximum atomic E-state index is 11.9. The molecule has 1 saturated carbocycles. The van der Waals surface area contributed by atoms with Crippen molar-refractivity contribution in [2.45, 2.75) is 19.3 Å². The zero-order valence-electron chi connectivity index (χ0n) is 18.6. The van der Waals surface area contributed by atoms with Crippen LogP contribution in [-0.2, 0) is 6.98 Å². The Hall–Kier alpha value is -3.22. The first-order chi connectivity index (χ1) is 14.8. The highest BCUT2D eigenvalue weighted by Gasteiger charge is 2.40. The van der Waals surface area contributed by atoms with Crippen LogP contribution in [0.5, 0.6) is 11.6 Å². The van der Waals surface area contributed by atoms with E-state index >= 15 is 0 Å². The van der Waals surface area contributed by atoms with Gasteiger partial charge in [0.05, 0.1) is 25.5 Å². The van der Waals surface area contributed by atoms with E-state index in [1.54, 1.807) is 32.5 Å². The molecule has 0 saturated heterocycles. The van der Waals surface area contributed by atoms with Crippen molar-refractivity contribution in [1.82, 2.24) is 19.5 Å². The zero-order chi connectivity index (χ0) is 22.2. The van der Waals surface area contributed by atoms with Crippen molar-refractivity contribution in [3.8, 4) is 22.8 Å². The van der Waals surface area contributed by atoms with E-state index in [4.69, 9.17) is 13.6 Å². The molecule has 0 spiro atoms. The Morgan fingerprint density at radius 3 is 2.89 bits per heavy atom. The zero-order valence-corrected chi connectivity index (χ0v) is 15.6. The predicted molar refractivity (Wildman–Crippen MR) is 105 cm³/mol. The molecular weight excluding hydrogens is 356 g/mol. The predicted octanol–water partition coefficient (Wildman–Crippen LogP) is 2.74. The van der Waals surface area contributed by atoms with Gasteiger partial charge in [0, 0.05) is 52.6 Å². The van der Waals surface area contributed by atoms with Crippen molar-refractivity contribution in [2.75, 3.05) is 13.7 Å². The number of ether oxygens (including phenoxy) is 2. The van der Waals surface area contributed by atoms with Crippen molar-refractivity contribution in [3.63, 3.8) is 0 Å². The van der Waals surface area contributed by atoms with Crippen LogP contribution >= 0.6 is 0 Å². The molecular formula is C21H22N4O3. The van der Waals surface area contributed by atoms with E-state index in [1.807, 2.05) is 12.1 Å². The molecule has 0 unspecified atom stereocenters. The Bertz CT molecular complexity index is 1150. The molecule has 0 N–H and O–H groups in total. The second kappa shape index (κ2) is 7.42. The average Bonchev–Trinajstić information content (AvgIpc) is 3.52. The normalized spacial score (nSPS) is 20.0. The van der Waals surface area contributed by atoms with Gasteiger partial charge in [-0.25, -0.2) is 4.98 Å². The van der Waals surface area contributed by atoms with Gasteiger partial charge in [0.25, 0.3) is 0 Å². The van der Waals surface area contributed by atoms with Gasteiger partial charge in [-0.15, -0.1) is 0 Å². The smallest absolute Gasteiger partial charge is 0.250 e. The van der Waals surface area contributed by atoms with Crippen LogP contribution in [0.1, 0.15) is 28.0 Å². The Kier molecular flexibility index (Phi) is 3.92. The first-order valence-electron chi connectivity index (χ1n) is 10.5.